The zero-order chi connectivity index (χ0) is 10.3. The summed E-state index contributed by atoms with van der Waals surface area (Å²) in [7, 11) is 0. The highest BCUT2D eigenvalue weighted by atomic mass is 19.1. The zero-order valence-corrected chi connectivity index (χ0v) is 8.86. The topological polar surface area (TPSA) is 9.23 Å². The molecule has 0 saturated heterocycles. The summed E-state index contributed by atoms with van der Waals surface area (Å²) in [6.45, 7) is 6.49. The summed E-state index contributed by atoms with van der Waals surface area (Å²) < 4.78 is 19.2. The van der Waals surface area contributed by atoms with E-state index in [4.69, 9.17) is 4.74 Å². The van der Waals surface area contributed by atoms with Gasteiger partial charge in [-0.2, -0.15) is 0 Å². The van der Waals surface area contributed by atoms with E-state index in [-0.39, 0.29) is 5.82 Å². The van der Waals surface area contributed by atoms with Crippen molar-refractivity contribution in [3.8, 4) is 5.75 Å². The molecule has 0 bridgehead atoms. The lowest BCUT2D eigenvalue weighted by Crippen LogP contribution is -2.19. The van der Waals surface area contributed by atoms with Crippen LogP contribution in [-0.2, 0) is 6.42 Å². The molecular weight excluding hydrogens is 179 g/mol. The average Bonchev–Trinajstić information content (AvgIpc) is 2.14. The van der Waals surface area contributed by atoms with Crippen LogP contribution in [0.1, 0.15) is 23.6 Å². The fourth-order valence-corrected chi connectivity index (χ4v) is 1.89. The van der Waals surface area contributed by atoms with E-state index in [0.29, 0.717) is 23.8 Å². The Labute approximate surface area is 83.9 Å². The molecule has 0 amide bonds. The van der Waals surface area contributed by atoms with Crippen molar-refractivity contribution in [1.29, 1.82) is 0 Å². The molecule has 0 N–H and O–H groups in total. The first-order valence-corrected chi connectivity index (χ1v) is 5.01. The predicted molar refractivity (Wildman–Crippen MR) is 54.2 cm³/mol. The SMILES string of the molecule is Cc1cc2c(c(F)c1C)OCC(C)C2. The van der Waals surface area contributed by atoms with Gasteiger partial charge in [-0.25, -0.2) is 4.39 Å². The maximum absolute atomic E-state index is 13.7. The lowest BCUT2D eigenvalue weighted by atomic mass is 9.94. The van der Waals surface area contributed by atoms with Gasteiger partial charge in [-0.3, -0.25) is 0 Å². The summed E-state index contributed by atoms with van der Waals surface area (Å²) in [5.41, 5.74) is 2.74. The maximum Gasteiger partial charge on any atom is 0.168 e. The molecule has 1 aromatic rings. The molecule has 0 aromatic heterocycles. The Bertz CT molecular complexity index is 371. The van der Waals surface area contributed by atoms with E-state index < -0.39 is 0 Å². The fourth-order valence-electron chi connectivity index (χ4n) is 1.89. The van der Waals surface area contributed by atoms with E-state index in [9.17, 15) is 4.39 Å². The van der Waals surface area contributed by atoms with E-state index in [2.05, 4.69) is 6.92 Å². The Morgan fingerprint density at radius 2 is 2.14 bits per heavy atom. The van der Waals surface area contributed by atoms with Gasteiger partial charge in [0.1, 0.15) is 0 Å². The number of hydrogen-bond acceptors (Lipinski definition) is 1. The van der Waals surface area contributed by atoms with Gasteiger partial charge in [-0.05, 0) is 42.9 Å². The van der Waals surface area contributed by atoms with Crippen LogP contribution in [0.2, 0.25) is 0 Å². The van der Waals surface area contributed by atoms with E-state index in [1.54, 1.807) is 6.92 Å². The number of halogens is 1. The maximum atomic E-state index is 13.7. The third-order valence-electron chi connectivity index (χ3n) is 2.88. The van der Waals surface area contributed by atoms with Gasteiger partial charge in [0.15, 0.2) is 11.6 Å². The van der Waals surface area contributed by atoms with Crippen LogP contribution in [0.3, 0.4) is 0 Å². The highest BCUT2D eigenvalue weighted by molar-refractivity contribution is 5.44. The Morgan fingerprint density at radius 1 is 1.43 bits per heavy atom. The normalized spacial score (nSPS) is 20.1. The summed E-state index contributed by atoms with van der Waals surface area (Å²) in [6, 6.07) is 2.05. The van der Waals surface area contributed by atoms with Crippen molar-refractivity contribution in [3.63, 3.8) is 0 Å². The van der Waals surface area contributed by atoms with Crippen molar-refractivity contribution in [2.24, 2.45) is 5.92 Å². The Morgan fingerprint density at radius 3 is 2.86 bits per heavy atom. The zero-order valence-electron chi connectivity index (χ0n) is 8.86. The predicted octanol–water partition coefficient (Wildman–Crippen LogP) is 3.01. The van der Waals surface area contributed by atoms with Gasteiger partial charge < -0.3 is 4.74 Å². The molecule has 1 aromatic carbocycles. The van der Waals surface area contributed by atoms with Gasteiger partial charge in [0.05, 0.1) is 6.61 Å². The highest BCUT2D eigenvalue weighted by Gasteiger charge is 2.21. The molecule has 1 nitrogen and oxygen atoms in total. The van der Waals surface area contributed by atoms with Gasteiger partial charge >= 0.3 is 0 Å². The van der Waals surface area contributed by atoms with Crippen LogP contribution in [-0.4, -0.2) is 6.61 Å². The molecular formula is C12H15FO. The molecule has 1 heterocycles. The van der Waals surface area contributed by atoms with Crippen molar-refractivity contribution >= 4 is 0 Å². The van der Waals surface area contributed by atoms with Crippen molar-refractivity contribution < 1.29 is 9.13 Å². The first kappa shape index (κ1) is 9.50. The lowest BCUT2D eigenvalue weighted by molar-refractivity contribution is 0.222. The number of benzene rings is 1. The third kappa shape index (κ3) is 1.39. The standard InChI is InChI=1S/C12H15FO/c1-7-4-10-5-8(2)9(3)11(13)12(10)14-6-7/h5,7H,4,6H2,1-3H3. The Balaban J connectivity index is 2.54. The van der Waals surface area contributed by atoms with Crippen LogP contribution < -0.4 is 4.74 Å². The first-order valence-electron chi connectivity index (χ1n) is 5.01. The van der Waals surface area contributed by atoms with Crippen molar-refractivity contribution in [3.05, 3.63) is 28.6 Å². The fraction of sp³-hybridized carbons (Fsp3) is 0.500. The van der Waals surface area contributed by atoms with Crippen LogP contribution in [0.5, 0.6) is 5.75 Å². The average molecular weight is 194 g/mol. The molecule has 0 fully saturated rings. The summed E-state index contributed by atoms with van der Waals surface area (Å²) in [5, 5.41) is 0. The minimum atomic E-state index is -0.174. The van der Waals surface area contributed by atoms with E-state index in [1.807, 2.05) is 13.0 Å². The van der Waals surface area contributed by atoms with Gasteiger partial charge in [-0.15, -0.1) is 0 Å². The second-order valence-corrected chi connectivity index (χ2v) is 4.24. The molecule has 1 atom stereocenters. The van der Waals surface area contributed by atoms with Crippen molar-refractivity contribution in [1.82, 2.24) is 0 Å². The third-order valence-corrected chi connectivity index (χ3v) is 2.88. The van der Waals surface area contributed by atoms with Crippen LogP contribution in [0.4, 0.5) is 4.39 Å². The number of ether oxygens (including phenoxy) is 1. The van der Waals surface area contributed by atoms with E-state index in [1.165, 1.54) is 0 Å². The van der Waals surface area contributed by atoms with Gasteiger partial charge in [0.2, 0.25) is 0 Å². The second kappa shape index (κ2) is 3.26. The Kier molecular flexibility index (Phi) is 2.22. The second-order valence-electron chi connectivity index (χ2n) is 4.24. The number of fused-ring (bicyclic) bond motifs is 1. The molecule has 2 heteroatoms. The summed E-state index contributed by atoms with van der Waals surface area (Å²) in [4.78, 5) is 0. The molecule has 0 aliphatic carbocycles. The van der Waals surface area contributed by atoms with Crippen molar-refractivity contribution in [2.75, 3.05) is 6.61 Å². The van der Waals surface area contributed by atoms with Gasteiger partial charge in [-0.1, -0.05) is 13.0 Å². The number of rotatable bonds is 0. The number of aryl methyl sites for hydroxylation is 1. The molecule has 0 saturated carbocycles. The Hall–Kier alpha value is -1.05. The number of hydrogen-bond donors (Lipinski definition) is 0. The summed E-state index contributed by atoms with van der Waals surface area (Å²) >= 11 is 0. The molecule has 1 unspecified atom stereocenters. The van der Waals surface area contributed by atoms with E-state index in [0.717, 1.165) is 17.5 Å². The molecule has 14 heavy (non-hydrogen) atoms. The van der Waals surface area contributed by atoms with Crippen LogP contribution >= 0.6 is 0 Å². The molecule has 76 valence electrons. The molecule has 1 aliphatic heterocycles. The summed E-state index contributed by atoms with van der Waals surface area (Å²) in [5.74, 6) is 0.794. The molecule has 1 aliphatic rings. The largest absolute Gasteiger partial charge is 0.490 e. The highest BCUT2D eigenvalue weighted by Crippen LogP contribution is 2.33. The quantitative estimate of drug-likeness (QED) is 0.617. The summed E-state index contributed by atoms with van der Waals surface area (Å²) in [6.07, 6.45) is 0.924. The molecule has 0 radical (unpaired) electrons. The minimum Gasteiger partial charge on any atom is -0.490 e. The smallest absolute Gasteiger partial charge is 0.168 e. The van der Waals surface area contributed by atoms with E-state index >= 15 is 0 Å². The molecule has 2 rings (SSSR count). The van der Waals surface area contributed by atoms with Crippen LogP contribution in [0.15, 0.2) is 6.07 Å². The van der Waals surface area contributed by atoms with Crippen LogP contribution in [0.25, 0.3) is 0 Å². The van der Waals surface area contributed by atoms with Gasteiger partial charge in [0, 0.05) is 0 Å². The molecule has 0 spiro atoms. The minimum absolute atomic E-state index is 0.174. The van der Waals surface area contributed by atoms with Crippen molar-refractivity contribution in [2.45, 2.75) is 27.2 Å². The van der Waals surface area contributed by atoms with Crippen LogP contribution in [0, 0.1) is 25.6 Å². The lowest BCUT2D eigenvalue weighted by Gasteiger charge is -2.24. The monoisotopic (exact) mass is 194 g/mol. The first-order chi connectivity index (χ1) is 6.59. The van der Waals surface area contributed by atoms with Gasteiger partial charge in [0.25, 0.3) is 0 Å².